The molecule has 0 N–H and O–H groups in total. The summed E-state index contributed by atoms with van der Waals surface area (Å²) in [6, 6.07) is 24.3. The van der Waals surface area contributed by atoms with E-state index in [1.165, 1.54) is 30.3 Å². The molecule has 6 heteroatoms. The molecule has 0 bridgehead atoms. The first kappa shape index (κ1) is 19.1. The fourth-order valence-corrected chi connectivity index (χ4v) is 3.60. The Hall–Kier alpha value is -3.69. The zero-order valence-corrected chi connectivity index (χ0v) is 15.5. The summed E-state index contributed by atoms with van der Waals surface area (Å²) in [6.07, 6.45) is 1.28. The largest absolute Gasteiger partial charge is 0.423 e. The Labute approximate surface area is 163 Å². The molecule has 0 spiro atoms. The molecule has 0 aliphatic rings. The van der Waals surface area contributed by atoms with Gasteiger partial charge in [0.1, 0.15) is 16.7 Å². The van der Waals surface area contributed by atoms with Crippen LogP contribution in [0.15, 0.2) is 94.7 Å². The lowest BCUT2D eigenvalue weighted by Crippen LogP contribution is -2.08. The van der Waals surface area contributed by atoms with Crippen LogP contribution in [0.4, 0.5) is 0 Å². The van der Waals surface area contributed by atoms with Crippen LogP contribution in [-0.2, 0) is 9.84 Å². The number of benzene rings is 3. The van der Waals surface area contributed by atoms with Gasteiger partial charge in [-0.25, -0.2) is 13.2 Å². The third-order valence-electron chi connectivity index (χ3n) is 3.85. The summed E-state index contributed by atoms with van der Waals surface area (Å²) in [7, 11) is -3.90. The average molecular weight is 389 g/mol. The minimum absolute atomic E-state index is 0.0520. The molecule has 0 aliphatic carbocycles. The van der Waals surface area contributed by atoms with Crippen molar-refractivity contribution in [3.63, 3.8) is 0 Å². The molecule has 0 fully saturated rings. The molecule has 5 nitrogen and oxygen atoms in total. The van der Waals surface area contributed by atoms with E-state index in [4.69, 9.17) is 4.74 Å². The Morgan fingerprint density at radius 2 is 1.43 bits per heavy atom. The number of hydrogen-bond donors (Lipinski definition) is 0. The van der Waals surface area contributed by atoms with Crippen LogP contribution in [0.2, 0.25) is 0 Å². The van der Waals surface area contributed by atoms with Gasteiger partial charge in [0.05, 0.1) is 10.5 Å². The van der Waals surface area contributed by atoms with E-state index in [2.05, 4.69) is 0 Å². The van der Waals surface area contributed by atoms with Gasteiger partial charge in [-0.15, -0.1) is 0 Å². The normalized spacial score (nSPS) is 11.5. The van der Waals surface area contributed by atoms with Gasteiger partial charge in [-0.1, -0.05) is 48.5 Å². The van der Waals surface area contributed by atoms with Gasteiger partial charge in [-0.2, -0.15) is 5.26 Å². The van der Waals surface area contributed by atoms with Gasteiger partial charge in [0.15, 0.2) is 0 Å². The number of nitriles is 1. The van der Waals surface area contributed by atoms with E-state index >= 15 is 0 Å². The van der Waals surface area contributed by atoms with Crippen LogP contribution in [0.3, 0.4) is 0 Å². The molecule has 138 valence electrons. The average Bonchev–Trinajstić information content (AvgIpc) is 2.74. The molecule has 0 radical (unpaired) electrons. The van der Waals surface area contributed by atoms with Crippen molar-refractivity contribution in [2.24, 2.45) is 0 Å². The van der Waals surface area contributed by atoms with Crippen LogP contribution in [0, 0.1) is 11.3 Å². The van der Waals surface area contributed by atoms with Crippen LogP contribution in [0.5, 0.6) is 5.75 Å². The van der Waals surface area contributed by atoms with Crippen molar-refractivity contribution in [2.45, 2.75) is 4.90 Å². The Morgan fingerprint density at radius 3 is 2.00 bits per heavy atom. The summed E-state index contributed by atoms with van der Waals surface area (Å²) >= 11 is 0. The van der Waals surface area contributed by atoms with Crippen LogP contribution < -0.4 is 4.74 Å². The SMILES string of the molecule is N#C/C(=C\c1ccc(OC(=O)c2ccccc2)cc1)S(=O)(=O)c1ccccc1. The molecule has 0 unspecified atom stereocenters. The van der Waals surface area contributed by atoms with Gasteiger partial charge in [-0.05, 0) is 48.0 Å². The summed E-state index contributed by atoms with van der Waals surface area (Å²) < 4.78 is 30.4. The van der Waals surface area contributed by atoms with Crippen molar-refractivity contribution in [2.75, 3.05) is 0 Å². The summed E-state index contributed by atoms with van der Waals surface area (Å²) in [5, 5.41) is 9.32. The van der Waals surface area contributed by atoms with Gasteiger partial charge in [0.2, 0.25) is 9.84 Å². The number of nitrogens with zero attached hydrogens (tertiary/aromatic N) is 1. The quantitative estimate of drug-likeness (QED) is 0.370. The van der Waals surface area contributed by atoms with Crippen LogP contribution in [0.25, 0.3) is 6.08 Å². The molecule has 0 amide bonds. The number of rotatable bonds is 5. The number of carbonyl (C=O) groups is 1. The van der Waals surface area contributed by atoms with E-state index in [9.17, 15) is 18.5 Å². The standard InChI is InChI=1S/C22H15NO4S/c23-16-21(28(25,26)20-9-5-2-6-10-20)15-17-11-13-19(14-12-17)27-22(24)18-7-3-1-4-8-18/h1-15H/b21-15+. The lowest BCUT2D eigenvalue weighted by Gasteiger charge is -2.05. The molecular formula is C22H15NO4S. The second-order valence-corrected chi connectivity index (χ2v) is 7.68. The number of hydrogen-bond acceptors (Lipinski definition) is 5. The highest BCUT2D eigenvalue weighted by molar-refractivity contribution is 7.95. The highest BCUT2D eigenvalue weighted by Gasteiger charge is 2.20. The Kier molecular flexibility index (Phi) is 5.68. The third kappa shape index (κ3) is 4.34. The first-order chi connectivity index (χ1) is 13.5. The van der Waals surface area contributed by atoms with Crippen LogP contribution in [-0.4, -0.2) is 14.4 Å². The second-order valence-electron chi connectivity index (χ2n) is 5.76. The number of ether oxygens (including phenoxy) is 1. The Morgan fingerprint density at radius 1 is 0.857 bits per heavy atom. The molecule has 0 saturated carbocycles. The molecule has 3 aromatic carbocycles. The number of sulfone groups is 1. The van der Waals surface area contributed by atoms with Gasteiger partial charge >= 0.3 is 5.97 Å². The zero-order chi connectivity index (χ0) is 20.0. The van der Waals surface area contributed by atoms with E-state index in [1.807, 2.05) is 0 Å². The van der Waals surface area contributed by atoms with Gasteiger partial charge in [0.25, 0.3) is 0 Å². The molecule has 3 aromatic rings. The first-order valence-electron chi connectivity index (χ1n) is 8.30. The smallest absolute Gasteiger partial charge is 0.343 e. The van der Waals surface area contributed by atoms with Gasteiger partial charge in [-0.3, -0.25) is 0 Å². The number of esters is 1. The van der Waals surface area contributed by atoms with Crippen LogP contribution in [0.1, 0.15) is 15.9 Å². The topological polar surface area (TPSA) is 84.2 Å². The lowest BCUT2D eigenvalue weighted by atomic mass is 10.2. The fourth-order valence-electron chi connectivity index (χ4n) is 2.42. The molecular weight excluding hydrogens is 374 g/mol. The highest BCUT2D eigenvalue weighted by atomic mass is 32.2. The minimum Gasteiger partial charge on any atom is -0.423 e. The molecule has 3 rings (SSSR count). The predicted molar refractivity (Wildman–Crippen MR) is 105 cm³/mol. The van der Waals surface area contributed by atoms with Crippen molar-refractivity contribution in [1.82, 2.24) is 0 Å². The number of allylic oxidation sites excluding steroid dienone is 1. The van der Waals surface area contributed by atoms with E-state index in [-0.39, 0.29) is 9.80 Å². The molecule has 28 heavy (non-hydrogen) atoms. The molecule has 0 aromatic heterocycles. The van der Waals surface area contributed by atoms with E-state index < -0.39 is 15.8 Å². The fraction of sp³-hybridized carbons (Fsp3) is 0. The molecule has 0 atom stereocenters. The maximum Gasteiger partial charge on any atom is 0.343 e. The molecule has 0 saturated heterocycles. The molecule has 0 aliphatic heterocycles. The van der Waals surface area contributed by atoms with E-state index in [1.54, 1.807) is 66.7 Å². The summed E-state index contributed by atoms with van der Waals surface area (Å²) in [6.45, 7) is 0. The van der Waals surface area contributed by atoms with Gasteiger partial charge in [0, 0.05) is 0 Å². The summed E-state index contributed by atoms with van der Waals surface area (Å²) in [5.74, 6) is -0.177. The summed E-state index contributed by atoms with van der Waals surface area (Å²) in [5.41, 5.74) is 0.919. The van der Waals surface area contributed by atoms with Crippen molar-refractivity contribution in [3.8, 4) is 11.8 Å². The lowest BCUT2D eigenvalue weighted by molar-refractivity contribution is 0.0734. The summed E-state index contributed by atoms with van der Waals surface area (Å²) in [4.78, 5) is 11.7. The zero-order valence-electron chi connectivity index (χ0n) is 14.6. The van der Waals surface area contributed by atoms with Crippen molar-refractivity contribution in [3.05, 3.63) is 101 Å². The van der Waals surface area contributed by atoms with E-state index in [0.717, 1.165) is 0 Å². The van der Waals surface area contributed by atoms with Crippen molar-refractivity contribution < 1.29 is 17.9 Å². The Balaban J connectivity index is 1.81. The van der Waals surface area contributed by atoms with Crippen LogP contribution >= 0.6 is 0 Å². The minimum atomic E-state index is -3.90. The van der Waals surface area contributed by atoms with Crippen molar-refractivity contribution >= 4 is 21.9 Å². The van der Waals surface area contributed by atoms with Gasteiger partial charge < -0.3 is 4.74 Å². The highest BCUT2D eigenvalue weighted by Crippen LogP contribution is 2.22. The predicted octanol–water partition coefficient (Wildman–Crippen LogP) is 4.24. The monoisotopic (exact) mass is 389 g/mol. The van der Waals surface area contributed by atoms with Crippen molar-refractivity contribution in [1.29, 1.82) is 5.26 Å². The third-order valence-corrected chi connectivity index (χ3v) is 5.53. The first-order valence-corrected chi connectivity index (χ1v) is 9.78. The van der Waals surface area contributed by atoms with E-state index in [0.29, 0.717) is 16.9 Å². The maximum atomic E-state index is 12.6. The second kappa shape index (κ2) is 8.33. The maximum absolute atomic E-state index is 12.6. The molecule has 0 heterocycles. The number of carbonyl (C=O) groups excluding carboxylic acids is 1. The Bertz CT molecular complexity index is 1140.